The van der Waals surface area contributed by atoms with Crippen molar-refractivity contribution in [2.75, 3.05) is 18.4 Å². The molecule has 2 aromatic heterocycles. The summed E-state index contributed by atoms with van der Waals surface area (Å²) in [7, 11) is -3.40. The zero-order chi connectivity index (χ0) is 16.4. The van der Waals surface area contributed by atoms with Gasteiger partial charge in [0, 0.05) is 23.3 Å². The Morgan fingerprint density at radius 2 is 2.09 bits per heavy atom. The Bertz CT molecular complexity index is 804. The van der Waals surface area contributed by atoms with Gasteiger partial charge in [-0.25, -0.2) is 13.4 Å². The van der Waals surface area contributed by atoms with E-state index in [-0.39, 0.29) is 12.3 Å². The number of nitrogens with one attached hydrogen (secondary N) is 1. The standard InChI is InChI=1S/C14H17N3O3S3/c1-10-9-21-14(15-10)16-12(18)8-11-4-5-13(22-11)23(19,20)17-6-2-3-7-17/h4-5,9H,2-3,6-8H2,1H3,(H,15,16,18). The Kier molecular flexibility index (Phi) is 4.81. The number of hydrogen-bond donors (Lipinski definition) is 1. The van der Waals surface area contributed by atoms with Crippen molar-refractivity contribution >= 4 is 43.7 Å². The van der Waals surface area contributed by atoms with Crippen molar-refractivity contribution in [1.29, 1.82) is 0 Å². The number of thiophene rings is 1. The van der Waals surface area contributed by atoms with Crippen LogP contribution in [-0.4, -0.2) is 36.7 Å². The van der Waals surface area contributed by atoms with Crippen LogP contribution in [0.15, 0.2) is 21.7 Å². The van der Waals surface area contributed by atoms with Crippen LogP contribution in [0, 0.1) is 6.92 Å². The van der Waals surface area contributed by atoms with Crippen LogP contribution < -0.4 is 5.32 Å². The first-order valence-corrected chi connectivity index (χ1v) is 10.4. The molecule has 1 amide bonds. The third kappa shape index (κ3) is 3.79. The van der Waals surface area contributed by atoms with E-state index in [1.807, 2.05) is 12.3 Å². The molecular weight excluding hydrogens is 354 g/mol. The number of amides is 1. The van der Waals surface area contributed by atoms with E-state index in [0.29, 0.717) is 22.4 Å². The molecule has 0 bridgehead atoms. The summed E-state index contributed by atoms with van der Waals surface area (Å²) in [5.41, 5.74) is 0.861. The lowest BCUT2D eigenvalue weighted by molar-refractivity contribution is -0.115. The van der Waals surface area contributed by atoms with Crippen molar-refractivity contribution in [1.82, 2.24) is 9.29 Å². The third-order valence-corrected chi connectivity index (χ3v) is 7.82. The molecule has 0 atom stereocenters. The largest absolute Gasteiger partial charge is 0.302 e. The van der Waals surface area contributed by atoms with Crippen molar-refractivity contribution in [2.24, 2.45) is 0 Å². The van der Waals surface area contributed by atoms with Crippen molar-refractivity contribution in [3.63, 3.8) is 0 Å². The van der Waals surface area contributed by atoms with Crippen LogP contribution in [0.25, 0.3) is 0 Å². The number of sulfonamides is 1. The van der Waals surface area contributed by atoms with E-state index in [2.05, 4.69) is 10.3 Å². The van der Waals surface area contributed by atoms with Gasteiger partial charge in [0.15, 0.2) is 5.13 Å². The average molecular weight is 372 g/mol. The molecule has 0 spiro atoms. The summed E-state index contributed by atoms with van der Waals surface area (Å²) in [6.45, 7) is 3.03. The van der Waals surface area contributed by atoms with E-state index in [4.69, 9.17) is 0 Å². The lowest BCUT2D eigenvalue weighted by Crippen LogP contribution is -2.27. The Hall–Kier alpha value is -1.29. The van der Waals surface area contributed by atoms with Gasteiger partial charge in [-0.15, -0.1) is 22.7 Å². The van der Waals surface area contributed by atoms with E-state index in [0.717, 1.165) is 34.7 Å². The fourth-order valence-corrected chi connectivity index (χ4v) is 6.11. The second-order valence-corrected chi connectivity index (χ2v) is 9.54. The van der Waals surface area contributed by atoms with Crippen molar-refractivity contribution < 1.29 is 13.2 Å². The molecule has 0 unspecified atom stereocenters. The number of anilines is 1. The van der Waals surface area contributed by atoms with Crippen LogP contribution in [-0.2, 0) is 21.2 Å². The molecule has 0 radical (unpaired) electrons. The van der Waals surface area contributed by atoms with Gasteiger partial charge in [0.05, 0.1) is 12.1 Å². The van der Waals surface area contributed by atoms with Crippen LogP contribution in [0.5, 0.6) is 0 Å². The smallest absolute Gasteiger partial charge is 0.252 e. The summed E-state index contributed by atoms with van der Waals surface area (Å²) in [6, 6.07) is 3.30. The molecule has 1 aliphatic heterocycles. The SMILES string of the molecule is Cc1csc(NC(=O)Cc2ccc(S(=O)(=O)N3CCCC3)s2)n1. The highest BCUT2D eigenvalue weighted by Gasteiger charge is 2.28. The Balaban J connectivity index is 1.66. The first-order chi connectivity index (χ1) is 10.9. The first-order valence-electron chi connectivity index (χ1n) is 7.26. The number of thiazole rings is 1. The average Bonchev–Trinajstić information content (AvgIpc) is 3.20. The predicted molar refractivity (Wildman–Crippen MR) is 91.5 cm³/mol. The van der Waals surface area contributed by atoms with E-state index in [9.17, 15) is 13.2 Å². The number of rotatable bonds is 5. The second-order valence-electron chi connectivity index (χ2n) is 5.35. The fraction of sp³-hybridized carbons (Fsp3) is 0.429. The molecule has 1 N–H and O–H groups in total. The monoisotopic (exact) mass is 371 g/mol. The summed E-state index contributed by atoms with van der Waals surface area (Å²) < 4.78 is 26.7. The number of hydrogen-bond acceptors (Lipinski definition) is 6. The maximum atomic E-state index is 12.5. The van der Waals surface area contributed by atoms with E-state index < -0.39 is 10.0 Å². The zero-order valence-corrected chi connectivity index (χ0v) is 15.1. The molecule has 1 aliphatic rings. The number of carbonyl (C=O) groups is 1. The summed E-state index contributed by atoms with van der Waals surface area (Å²) in [4.78, 5) is 16.9. The maximum absolute atomic E-state index is 12.5. The second kappa shape index (κ2) is 6.68. The highest BCUT2D eigenvalue weighted by Crippen LogP contribution is 2.27. The van der Waals surface area contributed by atoms with Gasteiger partial charge in [-0.1, -0.05) is 0 Å². The Morgan fingerprint density at radius 1 is 1.35 bits per heavy atom. The summed E-state index contributed by atoms with van der Waals surface area (Å²) in [5, 5.41) is 5.16. The lowest BCUT2D eigenvalue weighted by Gasteiger charge is -2.13. The van der Waals surface area contributed by atoms with Crippen LogP contribution >= 0.6 is 22.7 Å². The summed E-state index contributed by atoms with van der Waals surface area (Å²) in [5.74, 6) is -0.189. The van der Waals surface area contributed by atoms with Crippen molar-refractivity contribution in [3.05, 3.63) is 28.1 Å². The van der Waals surface area contributed by atoms with Gasteiger partial charge in [0.1, 0.15) is 4.21 Å². The maximum Gasteiger partial charge on any atom is 0.252 e. The topological polar surface area (TPSA) is 79.4 Å². The van der Waals surface area contributed by atoms with Gasteiger partial charge >= 0.3 is 0 Å². The molecule has 0 saturated carbocycles. The lowest BCUT2D eigenvalue weighted by atomic mass is 10.3. The molecule has 0 aromatic carbocycles. The Morgan fingerprint density at radius 3 is 2.74 bits per heavy atom. The molecule has 6 nitrogen and oxygen atoms in total. The highest BCUT2D eigenvalue weighted by atomic mass is 32.2. The molecule has 0 aliphatic carbocycles. The molecule has 124 valence electrons. The number of carbonyl (C=O) groups excluding carboxylic acids is 1. The van der Waals surface area contributed by atoms with E-state index >= 15 is 0 Å². The highest BCUT2D eigenvalue weighted by molar-refractivity contribution is 7.91. The molecule has 1 fully saturated rings. The van der Waals surface area contributed by atoms with Crippen LogP contribution in [0.4, 0.5) is 5.13 Å². The normalized spacial score (nSPS) is 15.9. The summed E-state index contributed by atoms with van der Waals surface area (Å²) in [6.07, 6.45) is 1.97. The molecule has 9 heteroatoms. The number of aromatic nitrogens is 1. The zero-order valence-electron chi connectivity index (χ0n) is 12.6. The van der Waals surface area contributed by atoms with Gasteiger partial charge in [0.2, 0.25) is 5.91 Å². The van der Waals surface area contributed by atoms with Crippen LogP contribution in [0.1, 0.15) is 23.4 Å². The minimum Gasteiger partial charge on any atom is -0.302 e. The minimum absolute atomic E-state index is 0.152. The number of nitrogens with zero attached hydrogens (tertiary/aromatic N) is 2. The Labute approximate surface area is 143 Å². The van der Waals surface area contributed by atoms with Crippen LogP contribution in [0.2, 0.25) is 0 Å². The molecule has 3 rings (SSSR count). The molecule has 23 heavy (non-hydrogen) atoms. The quantitative estimate of drug-likeness (QED) is 0.876. The van der Waals surface area contributed by atoms with Gasteiger partial charge in [0.25, 0.3) is 10.0 Å². The minimum atomic E-state index is -3.40. The summed E-state index contributed by atoms with van der Waals surface area (Å²) >= 11 is 2.54. The van der Waals surface area contributed by atoms with Crippen molar-refractivity contribution in [2.45, 2.75) is 30.4 Å². The number of aryl methyl sites for hydroxylation is 1. The van der Waals surface area contributed by atoms with Gasteiger partial charge < -0.3 is 5.32 Å². The predicted octanol–water partition coefficient (Wildman–Crippen LogP) is 2.48. The molecule has 2 aromatic rings. The first kappa shape index (κ1) is 16.6. The van der Waals surface area contributed by atoms with Crippen molar-refractivity contribution in [3.8, 4) is 0 Å². The molecular formula is C14H17N3O3S3. The van der Waals surface area contributed by atoms with Gasteiger partial charge in [-0.2, -0.15) is 4.31 Å². The van der Waals surface area contributed by atoms with Gasteiger partial charge in [-0.3, -0.25) is 4.79 Å². The van der Waals surface area contributed by atoms with Crippen LogP contribution in [0.3, 0.4) is 0 Å². The van der Waals surface area contributed by atoms with E-state index in [1.165, 1.54) is 15.6 Å². The van der Waals surface area contributed by atoms with E-state index in [1.54, 1.807) is 12.1 Å². The third-order valence-electron chi connectivity index (χ3n) is 3.50. The molecule has 1 saturated heterocycles. The van der Waals surface area contributed by atoms with Gasteiger partial charge in [-0.05, 0) is 31.9 Å². The fourth-order valence-electron chi connectivity index (χ4n) is 2.38. The molecule has 3 heterocycles.